The summed E-state index contributed by atoms with van der Waals surface area (Å²) in [5.41, 5.74) is 5.78. The molecule has 0 aliphatic rings. The Morgan fingerprint density at radius 3 is 2.83 bits per heavy atom. The number of ether oxygens (including phenoxy) is 1. The highest BCUT2D eigenvalue weighted by molar-refractivity contribution is 5.79. The van der Waals surface area contributed by atoms with Gasteiger partial charge in [0.05, 0.1) is 5.69 Å². The van der Waals surface area contributed by atoms with Gasteiger partial charge in [-0.3, -0.25) is 0 Å². The van der Waals surface area contributed by atoms with Gasteiger partial charge in [-0.15, -0.1) is 0 Å². The molecule has 100 valence electrons. The van der Waals surface area contributed by atoms with Crippen LogP contribution in [0.4, 0.5) is 14.5 Å². The lowest BCUT2D eigenvalue weighted by molar-refractivity contribution is -0.0493. The van der Waals surface area contributed by atoms with Crippen molar-refractivity contribution in [2.24, 2.45) is 10.9 Å². The van der Waals surface area contributed by atoms with Gasteiger partial charge in [-0.05, 0) is 18.6 Å². The highest BCUT2D eigenvalue weighted by atomic mass is 19.3. The molecule has 18 heavy (non-hydrogen) atoms. The van der Waals surface area contributed by atoms with E-state index in [0.29, 0.717) is 25.1 Å². The van der Waals surface area contributed by atoms with Crippen LogP contribution < -0.4 is 15.8 Å². The van der Waals surface area contributed by atoms with E-state index in [1.807, 2.05) is 0 Å². The van der Waals surface area contributed by atoms with Crippen LogP contribution in [-0.2, 0) is 0 Å². The van der Waals surface area contributed by atoms with E-state index in [0.717, 1.165) is 0 Å². The van der Waals surface area contributed by atoms with Crippen molar-refractivity contribution in [1.29, 1.82) is 0 Å². The normalized spacial score (nSPS) is 11.6. The molecule has 0 unspecified atom stereocenters. The maximum absolute atomic E-state index is 12.1. The van der Waals surface area contributed by atoms with Crippen molar-refractivity contribution in [3.05, 3.63) is 24.3 Å². The quantitative estimate of drug-likeness (QED) is 0.230. The Balaban J connectivity index is 2.46. The molecule has 0 saturated heterocycles. The Bertz CT molecular complexity index is 400. The summed E-state index contributed by atoms with van der Waals surface area (Å²) in [4.78, 5) is 0. The monoisotopic (exact) mass is 259 g/mol. The first-order valence-electron chi connectivity index (χ1n) is 5.37. The highest BCUT2D eigenvalue weighted by Gasteiger charge is 2.08. The zero-order chi connectivity index (χ0) is 13.4. The highest BCUT2D eigenvalue weighted by Crippen LogP contribution is 2.25. The predicted octanol–water partition coefficient (Wildman–Crippen LogP) is 2.23. The third-order valence-electron chi connectivity index (χ3n) is 2.16. The molecule has 0 radical (unpaired) electrons. The summed E-state index contributed by atoms with van der Waals surface area (Å²) in [6.07, 6.45) is 1.03. The Morgan fingerprint density at radius 1 is 1.44 bits per heavy atom. The van der Waals surface area contributed by atoms with Crippen molar-refractivity contribution >= 4 is 11.5 Å². The van der Waals surface area contributed by atoms with Crippen molar-refractivity contribution in [3.63, 3.8) is 0 Å². The first kappa shape index (κ1) is 14.0. The van der Waals surface area contributed by atoms with Crippen LogP contribution in [0.1, 0.15) is 12.8 Å². The van der Waals surface area contributed by atoms with Gasteiger partial charge < -0.3 is 21.0 Å². The van der Waals surface area contributed by atoms with Gasteiger partial charge in [0.15, 0.2) is 0 Å². The van der Waals surface area contributed by atoms with Gasteiger partial charge in [-0.1, -0.05) is 17.3 Å². The third-order valence-corrected chi connectivity index (χ3v) is 2.16. The van der Waals surface area contributed by atoms with Gasteiger partial charge in [0.25, 0.3) is 0 Å². The van der Waals surface area contributed by atoms with Gasteiger partial charge in [-0.25, -0.2) is 0 Å². The molecule has 0 heterocycles. The number of benzene rings is 1. The number of amidine groups is 1. The maximum Gasteiger partial charge on any atom is 0.387 e. The molecule has 0 bridgehead atoms. The lowest BCUT2D eigenvalue weighted by Crippen LogP contribution is -2.14. The van der Waals surface area contributed by atoms with E-state index < -0.39 is 6.61 Å². The van der Waals surface area contributed by atoms with Crippen LogP contribution in [0.15, 0.2) is 29.4 Å². The van der Waals surface area contributed by atoms with E-state index >= 15 is 0 Å². The molecule has 7 heteroatoms. The second-order valence-corrected chi connectivity index (χ2v) is 3.50. The van der Waals surface area contributed by atoms with E-state index in [-0.39, 0.29) is 11.6 Å². The number of oxime groups is 1. The standard InChI is InChI=1S/C11H15F2N3O2/c12-11(13)18-9-5-2-1-4-8(9)15-7-3-6-10(14)16-17/h1-2,4-5,11,15,17H,3,6-7H2,(H2,14,16). The SMILES string of the molecule is NC(CCCNc1ccccc1OC(F)F)=NO. The molecule has 1 rings (SSSR count). The smallest absolute Gasteiger partial charge is 0.387 e. The molecule has 1 aromatic rings. The van der Waals surface area contributed by atoms with Crippen molar-refractivity contribution in [2.75, 3.05) is 11.9 Å². The van der Waals surface area contributed by atoms with E-state index in [1.165, 1.54) is 6.07 Å². The minimum absolute atomic E-state index is 0.0938. The molecule has 0 fully saturated rings. The van der Waals surface area contributed by atoms with Crippen molar-refractivity contribution < 1.29 is 18.7 Å². The zero-order valence-corrected chi connectivity index (χ0v) is 9.64. The number of nitrogens with one attached hydrogen (secondary N) is 1. The number of nitrogens with zero attached hydrogens (tertiary/aromatic N) is 1. The number of anilines is 1. The average molecular weight is 259 g/mol. The van der Waals surface area contributed by atoms with Crippen LogP contribution in [0.5, 0.6) is 5.75 Å². The molecule has 0 aromatic heterocycles. The van der Waals surface area contributed by atoms with E-state index in [9.17, 15) is 8.78 Å². The number of hydrogen-bond acceptors (Lipinski definition) is 4. The zero-order valence-electron chi connectivity index (χ0n) is 9.64. The molecule has 0 spiro atoms. The Kier molecular flexibility index (Phi) is 5.69. The molecular weight excluding hydrogens is 244 g/mol. The molecular formula is C11H15F2N3O2. The molecule has 0 aliphatic carbocycles. The number of nitrogens with two attached hydrogens (primary N) is 1. The van der Waals surface area contributed by atoms with Crippen LogP contribution in [0.3, 0.4) is 0 Å². The molecule has 0 saturated carbocycles. The Morgan fingerprint density at radius 2 is 2.17 bits per heavy atom. The van der Waals surface area contributed by atoms with Gasteiger partial charge in [-0.2, -0.15) is 8.78 Å². The lowest BCUT2D eigenvalue weighted by atomic mass is 10.2. The number of alkyl halides is 2. The molecule has 1 aromatic carbocycles. The summed E-state index contributed by atoms with van der Waals surface area (Å²) >= 11 is 0. The first-order chi connectivity index (χ1) is 8.63. The summed E-state index contributed by atoms with van der Waals surface area (Å²) in [7, 11) is 0. The van der Waals surface area contributed by atoms with Gasteiger partial charge in [0.2, 0.25) is 0 Å². The second-order valence-electron chi connectivity index (χ2n) is 3.50. The van der Waals surface area contributed by atoms with Gasteiger partial charge >= 0.3 is 6.61 Å². The van der Waals surface area contributed by atoms with Gasteiger partial charge in [0.1, 0.15) is 11.6 Å². The second kappa shape index (κ2) is 7.31. The fourth-order valence-corrected chi connectivity index (χ4v) is 1.35. The topological polar surface area (TPSA) is 79.9 Å². The summed E-state index contributed by atoms with van der Waals surface area (Å²) in [5, 5.41) is 14.1. The maximum atomic E-state index is 12.1. The lowest BCUT2D eigenvalue weighted by Gasteiger charge is -2.12. The van der Waals surface area contributed by atoms with Crippen molar-refractivity contribution in [1.82, 2.24) is 0 Å². The summed E-state index contributed by atoms with van der Waals surface area (Å²) in [6.45, 7) is -2.36. The number of rotatable bonds is 7. The predicted molar refractivity (Wildman–Crippen MR) is 64.2 cm³/mol. The fourth-order valence-electron chi connectivity index (χ4n) is 1.35. The number of halogens is 2. The summed E-state index contributed by atoms with van der Waals surface area (Å²) in [5.74, 6) is 0.227. The minimum Gasteiger partial charge on any atom is -0.433 e. The van der Waals surface area contributed by atoms with Crippen LogP contribution in [-0.4, -0.2) is 24.2 Å². The van der Waals surface area contributed by atoms with Crippen LogP contribution >= 0.6 is 0 Å². The van der Waals surface area contributed by atoms with Gasteiger partial charge in [0, 0.05) is 13.0 Å². The largest absolute Gasteiger partial charge is 0.433 e. The molecule has 0 atom stereocenters. The fraction of sp³-hybridized carbons (Fsp3) is 0.364. The van der Waals surface area contributed by atoms with Crippen LogP contribution in [0.25, 0.3) is 0 Å². The Labute approximate surface area is 103 Å². The summed E-state index contributed by atoms with van der Waals surface area (Å²) < 4.78 is 28.6. The number of para-hydroxylation sites is 2. The summed E-state index contributed by atoms with van der Waals surface area (Å²) in [6, 6.07) is 6.42. The molecule has 0 amide bonds. The van der Waals surface area contributed by atoms with Crippen LogP contribution in [0, 0.1) is 0 Å². The number of hydrogen-bond donors (Lipinski definition) is 3. The van der Waals surface area contributed by atoms with E-state index in [4.69, 9.17) is 10.9 Å². The first-order valence-corrected chi connectivity index (χ1v) is 5.37. The minimum atomic E-state index is -2.86. The van der Waals surface area contributed by atoms with Crippen LogP contribution in [0.2, 0.25) is 0 Å². The average Bonchev–Trinajstić information content (AvgIpc) is 2.35. The van der Waals surface area contributed by atoms with E-state index in [1.54, 1.807) is 18.2 Å². The Hall–Kier alpha value is -2.05. The molecule has 5 nitrogen and oxygen atoms in total. The van der Waals surface area contributed by atoms with E-state index in [2.05, 4.69) is 15.2 Å². The molecule has 4 N–H and O–H groups in total. The van der Waals surface area contributed by atoms with Crippen molar-refractivity contribution in [3.8, 4) is 5.75 Å². The third kappa shape index (κ3) is 4.86. The molecule has 0 aliphatic heterocycles. The van der Waals surface area contributed by atoms with Crippen molar-refractivity contribution in [2.45, 2.75) is 19.5 Å².